The van der Waals surface area contributed by atoms with Crippen LogP contribution in [0.1, 0.15) is 39.8 Å². The van der Waals surface area contributed by atoms with E-state index >= 15 is 0 Å². The molecular weight excluding hydrogens is 532 g/mol. The van der Waals surface area contributed by atoms with Crippen LogP contribution in [0.4, 0.5) is 0 Å². The zero-order valence-corrected chi connectivity index (χ0v) is 23.2. The minimum absolute atomic E-state index is 0.00124. The fourth-order valence-electron chi connectivity index (χ4n) is 4.71. The highest BCUT2D eigenvalue weighted by molar-refractivity contribution is 7.15. The number of halogens is 1. The molecule has 0 bridgehead atoms. The number of aryl methyl sites for hydroxylation is 1. The van der Waals surface area contributed by atoms with Gasteiger partial charge in [-0.15, -0.1) is 22.7 Å². The van der Waals surface area contributed by atoms with E-state index in [4.69, 9.17) is 16.6 Å². The largest absolute Gasteiger partial charge is 0.337 e. The number of amides is 1. The quantitative estimate of drug-likeness (QED) is 0.220. The summed E-state index contributed by atoms with van der Waals surface area (Å²) < 4.78 is 0. The third-order valence-corrected chi connectivity index (χ3v) is 9.27. The highest BCUT2D eigenvalue weighted by Crippen LogP contribution is 2.42. The zero-order valence-electron chi connectivity index (χ0n) is 20.8. The molecule has 0 N–H and O–H groups in total. The van der Waals surface area contributed by atoms with E-state index in [9.17, 15) is 4.79 Å². The van der Waals surface area contributed by atoms with Crippen LogP contribution in [0.5, 0.6) is 0 Å². The van der Waals surface area contributed by atoms with Crippen LogP contribution in [-0.2, 0) is 0 Å². The third kappa shape index (κ3) is 5.14. The molecule has 0 unspecified atom stereocenters. The van der Waals surface area contributed by atoms with E-state index in [0.717, 1.165) is 39.7 Å². The van der Waals surface area contributed by atoms with Crippen molar-refractivity contribution >= 4 is 40.2 Å². The number of hydrogen-bond acceptors (Lipinski definition) is 6. The highest BCUT2D eigenvalue weighted by Gasteiger charge is 2.29. The minimum atomic E-state index is 0.00124. The summed E-state index contributed by atoms with van der Waals surface area (Å²) in [6, 6.07) is 20.3. The summed E-state index contributed by atoms with van der Waals surface area (Å²) in [6.07, 6.45) is 5.25. The van der Waals surface area contributed by atoms with E-state index in [-0.39, 0.29) is 5.91 Å². The third-order valence-electron chi connectivity index (χ3n) is 6.86. The first-order chi connectivity index (χ1) is 18.5. The molecule has 0 atom stereocenters. The lowest BCUT2D eigenvalue weighted by Crippen LogP contribution is -2.38. The first-order valence-corrected chi connectivity index (χ1v) is 14.6. The Hall–Kier alpha value is -3.39. The number of hydrogen-bond donors (Lipinski definition) is 0. The summed E-state index contributed by atoms with van der Waals surface area (Å²) in [7, 11) is 0. The Morgan fingerprint density at radius 1 is 0.895 bits per heavy atom. The van der Waals surface area contributed by atoms with Gasteiger partial charge in [0.15, 0.2) is 0 Å². The Balaban J connectivity index is 1.20. The van der Waals surface area contributed by atoms with Crippen LogP contribution in [-0.4, -0.2) is 38.8 Å². The molecular formula is C30H25ClN4OS2. The number of thiazole rings is 2. The maximum atomic E-state index is 13.2. The van der Waals surface area contributed by atoms with Crippen molar-refractivity contribution in [2.45, 2.75) is 25.7 Å². The molecule has 3 aromatic heterocycles. The van der Waals surface area contributed by atoms with Crippen LogP contribution in [0.15, 0.2) is 78.4 Å². The van der Waals surface area contributed by atoms with Crippen molar-refractivity contribution in [3.63, 3.8) is 0 Å². The van der Waals surface area contributed by atoms with Gasteiger partial charge < -0.3 is 4.90 Å². The smallest absolute Gasteiger partial charge is 0.273 e. The Labute approximate surface area is 234 Å². The van der Waals surface area contributed by atoms with E-state index in [0.29, 0.717) is 29.7 Å². The van der Waals surface area contributed by atoms with Crippen molar-refractivity contribution in [1.82, 2.24) is 19.9 Å². The molecule has 1 fully saturated rings. The van der Waals surface area contributed by atoms with Crippen molar-refractivity contribution < 1.29 is 4.79 Å². The predicted molar refractivity (Wildman–Crippen MR) is 156 cm³/mol. The van der Waals surface area contributed by atoms with Crippen LogP contribution in [0.2, 0.25) is 5.02 Å². The number of likely N-dealkylation sites (tertiary alicyclic amines) is 1. The first kappa shape index (κ1) is 24.9. The molecule has 5 aromatic rings. The predicted octanol–water partition coefficient (Wildman–Crippen LogP) is 7.98. The van der Waals surface area contributed by atoms with Crippen LogP contribution in [0.3, 0.4) is 0 Å². The van der Waals surface area contributed by atoms with Gasteiger partial charge >= 0.3 is 0 Å². The Kier molecular flexibility index (Phi) is 7.06. The lowest BCUT2D eigenvalue weighted by molar-refractivity contribution is 0.0708. The lowest BCUT2D eigenvalue weighted by atomic mass is 9.97. The van der Waals surface area contributed by atoms with Gasteiger partial charge in [-0.3, -0.25) is 9.78 Å². The molecule has 6 rings (SSSR count). The molecule has 38 heavy (non-hydrogen) atoms. The molecule has 1 saturated heterocycles. The minimum Gasteiger partial charge on any atom is -0.337 e. The highest BCUT2D eigenvalue weighted by atomic mass is 35.5. The van der Waals surface area contributed by atoms with Crippen LogP contribution >= 0.6 is 34.3 Å². The molecule has 2 aromatic carbocycles. The van der Waals surface area contributed by atoms with Crippen LogP contribution in [0.25, 0.3) is 32.3 Å². The summed E-state index contributed by atoms with van der Waals surface area (Å²) in [4.78, 5) is 30.1. The Morgan fingerprint density at radius 3 is 2.29 bits per heavy atom. The fourth-order valence-corrected chi connectivity index (χ4v) is 6.89. The topological polar surface area (TPSA) is 59.0 Å². The first-order valence-electron chi connectivity index (χ1n) is 12.5. The normalized spacial score (nSPS) is 14.1. The van der Waals surface area contributed by atoms with Crippen molar-refractivity contribution in [3.05, 3.63) is 99.7 Å². The van der Waals surface area contributed by atoms with E-state index in [2.05, 4.69) is 41.2 Å². The maximum Gasteiger partial charge on any atom is 0.273 e. The number of nitrogens with zero attached hydrogens (tertiary/aromatic N) is 4. The Bertz CT molecular complexity index is 1490. The average Bonchev–Trinajstić information content (AvgIpc) is 3.63. The molecule has 1 aliphatic rings. The SMILES string of the molecule is Cc1ccc(-c2sc(C3CCN(C(=O)c4csc(-c5ccncc5)n4)CC3)nc2-c2ccc(Cl)cc2)cc1. The molecule has 8 heteroatoms. The van der Waals surface area contributed by atoms with Gasteiger partial charge in [-0.1, -0.05) is 53.6 Å². The van der Waals surface area contributed by atoms with Crippen molar-refractivity contribution in [2.24, 2.45) is 0 Å². The summed E-state index contributed by atoms with van der Waals surface area (Å²) >= 11 is 9.42. The van der Waals surface area contributed by atoms with Crippen LogP contribution in [0, 0.1) is 6.92 Å². The van der Waals surface area contributed by atoms with E-state index in [1.165, 1.54) is 27.3 Å². The Morgan fingerprint density at radius 2 is 1.58 bits per heavy atom. The van der Waals surface area contributed by atoms with E-state index in [1.54, 1.807) is 23.7 Å². The summed E-state index contributed by atoms with van der Waals surface area (Å²) in [5.74, 6) is 0.318. The summed E-state index contributed by atoms with van der Waals surface area (Å²) in [6.45, 7) is 3.49. The van der Waals surface area contributed by atoms with Gasteiger partial charge in [0.1, 0.15) is 10.7 Å². The molecule has 4 heterocycles. The van der Waals surface area contributed by atoms with Crippen LogP contribution < -0.4 is 0 Å². The van der Waals surface area contributed by atoms with Gasteiger partial charge in [-0.2, -0.15) is 0 Å². The van der Waals surface area contributed by atoms with E-state index in [1.807, 2.05) is 46.7 Å². The monoisotopic (exact) mass is 556 g/mol. The second-order valence-corrected chi connectivity index (χ2v) is 11.8. The lowest BCUT2D eigenvalue weighted by Gasteiger charge is -2.30. The van der Waals surface area contributed by atoms with Gasteiger partial charge in [0.2, 0.25) is 0 Å². The molecule has 1 aliphatic heterocycles. The molecule has 1 amide bonds. The summed E-state index contributed by atoms with van der Waals surface area (Å²) in [5, 5.41) is 4.54. The van der Waals surface area contributed by atoms with Crippen molar-refractivity contribution in [2.75, 3.05) is 13.1 Å². The van der Waals surface area contributed by atoms with Crippen molar-refractivity contribution in [1.29, 1.82) is 0 Å². The van der Waals surface area contributed by atoms with Gasteiger partial charge in [0.25, 0.3) is 5.91 Å². The molecule has 5 nitrogen and oxygen atoms in total. The molecule has 0 spiro atoms. The molecule has 0 saturated carbocycles. The van der Waals surface area contributed by atoms with Gasteiger partial charge in [0.05, 0.1) is 15.6 Å². The molecule has 0 radical (unpaired) electrons. The number of carbonyl (C=O) groups is 1. The maximum absolute atomic E-state index is 13.2. The van der Waals surface area contributed by atoms with Gasteiger partial charge in [-0.25, -0.2) is 9.97 Å². The zero-order chi connectivity index (χ0) is 26.1. The number of aromatic nitrogens is 3. The number of piperidine rings is 1. The average molecular weight is 557 g/mol. The number of carbonyl (C=O) groups excluding carboxylic acids is 1. The van der Waals surface area contributed by atoms with Gasteiger partial charge in [0, 0.05) is 52.9 Å². The number of pyridine rings is 1. The van der Waals surface area contributed by atoms with Crippen molar-refractivity contribution in [3.8, 4) is 32.3 Å². The molecule has 0 aliphatic carbocycles. The van der Waals surface area contributed by atoms with Gasteiger partial charge in [-0.05, 0) is 49.6 Å². The van der Waals surface area contributed by atoms with E-state index < -0.39 is 0 Å². The second-order valence-electron chi connectivity index (χ2n) is 9.44. The second kappa shape index (κ2) is 10.8. The number of rotatable bonds is 5. The fraction of sp³-hybridized carbons (Fsp3) is 0.200. The summed E-state index contributed by atoms with van der Waals surface area (Å²) in [5.41, 5.74) is 5.96. The molecule has 190 valence electrons. The standard InChI is InChI=1S/C30H25ClN4OS2/c1-19-2-4-21(5-3-19)27-26(20-6-8-24(31)9-7-20)34-29(38-27)23-12-16-35(17-13-23)30(36)25-18-37-28(33-25)22-10-14-32-15-11-22/h2-11,14-15,18,23H,12-13,16-17H2,1H3. The number of benzene rings is 2.